The Labute approximate surface area is 126 Å². The Morgan fingerprint density at radius 3 is 2.30 bits per heavy atom. The van der Waals surface area contributed by atoms with Crippen molar-refractivity contribution < 1.29 is 18.3 Å². The molecule has 0 aromatic carbocycles. The number of hydrogen-bond acceptors (Lipinski definition) is 3. The zero-order chi connectivity index (χ0) is 15.6. The van der Waals surface area contributed by atoms with E-state index in [0.29, 0.717) is 6.42 Å². The Kier molecular flexibility index (Phi) is 10.2. The Balaban J connectivity index is 3.93. The van der Waals surface area contributed by atoms with Gasteiger partial charge >= 0.3 is 5.97 Å². The van der Waals surface area contributed by atoms with Crippen molar-refractivity contribution in [2.45, 2.75) is 83.5 Å². The van der Waals surface area contributed by atoms with Gasteiger partial charge in [0.2, 0.25) is 6.43 Å². The van der Waals surface area contributed by atoms with Crippen LogP contribution in [0.25, 0.3) is 0 Å². The standard InChI is InChI=1S/C15H28F2O2S/c1-5-9-12(14(18)19-15(2,3)4)20-11-8-6-7-10-13(16)17/h12-13H,5-11H2,1-4H3. The summed E-state index contributed by atoms with van der Waals surface area (Å²) in [5.74, 6) is 0.671. The van der Waals surface area contributed by atoms with Gasteiger partial charge < -0.3 is 4.74 Å². The summed E-state index contributed by atoms with van der Waals surface area (Å²) in [5.41, 5.74) is -0.457. The molecule has 0 aromatic heterocycles. The molecule has 0 saturated heterocycles. The molecule has 0 fully saturated rings. The molecule has 20 heavy (non-hydrogen) atoms. The molecule has 2 nitrogen and oxygen atoms in total. The van der Waals surface area contributed by atoms with Crippen LogP contribution >= 0.6 is 11.8 Å². The van der Waals surface area contributed by atoms with E-state index in [1.807, 2.05) is 27.7 Å². The van der Waals surface area contributed by atoms with Crippen LogP contribution in [0, 0.1) is 0 Å². The van der Waals surface area contributed by atoms with Gasteiger partial charge in [-0.15, -0.1) is 11.8 Å². The number of hydrogen-bond donors (Lipinski definition) is 0. The van der Waals surface area contributed by atoms with E-state index in [0.717, 1.165) is 31.4 Å². The lowest BCUT2D eigenvalue weighted by molar-refractivity contribution is -0.154. The summed E-state index contributed by atoms with van der Waals surface area (Å²) in [6.45, 7) is 7.63. The van der Waals surface area contributed by atoms with Crippen LogP contribution in [0.4, 0.5) is 8.78 Å². The first-order chi connectivity index (χ1) is 9.26. The minimum Gasteiger partial charge on any atom is -0.459 e. The Hall–Kier alpha value is -0.320. The van der Waals surface area contributed by atoms with Crippen LogP contribution in [0.2, 0.25) is 0 Å². The highest BCUT2D eigenvalue weighted by atomic mass is 32.2. The molecule has 5 heteroatoms. The Morgan fingerprint density at radius 1 is 1.15 bits per heavy atom. The molecule has 0 bridgehead atoms. The van der Waals surface area contributed by atoms with Crippen molar-refractivity contribution in [3.63, 3.8) is 0 Å². The fourth-order valence-corrected chi connectivity index (χ4v) is 2.94. The van der Waals surface area contributed by atoms with Crippen LogP contribution in [-0.4, -0.2) is 29.0 Å². The predicted octanol–water partition coefficient (Wildman–Crippen LogP) is 5.06. The molecular weight excluding hydrogens is 282 g/mol. The summed E-state index contributed by atoms with van der Waals surface area (Å²) >= 11 is 1.59. The monoisotopic (exact) mass is 310 g/mol. The number of carbonyl (C=O) groups is 1. The van der Waals surface area contributed by atoms with Gasteiger partial charge in [-0.2, -0.15) is 0 Å². The first kappa shape index (κ1) is 19.7. The van der Waals surface area contributed by atoms with Crippen molar-refractivity contribution in [3.8, 4) is 0 Å². The summed E-state index contributed by atoms with van der Waals surface area (Å²) in [6, 6.07) is 0. The third kappa shape index (κ3) is 11.5. The highest BCUT2D eigenvalue weighted by Gasteiger charge is 2.24. The summed E-state index contributed by atoms with van der Waals surface area (Å²) in [4.78, 5) is 12.0. The van der Waals surface area contributed by atoms with Crippen molar-refractivity contribution in [2.75, 3.05) is 5.75 Å². The minimum atomic E-state index is -2.20. The second-order valence-electron chi connectivity index (χ2n) is 5.92. The topological polar surface area (TPSA) is 26.3 Å². The lowest BCUT2D eigenvalue weighted by Gasteiger charge is -2.23. The molecule has 1 atom stereocenters. The van der Waals surface area contributed by atoms with Crippen LogP contribution < -0.4 is 0 Å². The number of thioether (sulfide) groups is 1. The van der Waals surface area contributed by atoms with Gasteiger partial charge in [0.25, 0.3) is 0 Å². The maximum absolute atomic E-state index is 12.0. The van der Waals surface area contributed by atoms with E-state index in [2.05, 4.69) is 0 Å². The summed E-state index contributed by atoms with van der Waals surface area (Å²) in [6.07, 6.45) is 1.75. The second-order valence-corrected chi connectivity index (χ2v) is 7.23. The highest BCUT2D eigenvalue weighted by molar-refractivity contribution is 8.00. The number of unbranched alkanes of at least 4 members (excludes halogenated alkanes) is 2. The molecule has 0 spiro atoms. The fraction of sp³-hybridized carbons (Fsp3) is 0.933. The molecule has 0 amide bonds. The maximum atomic E-state index is 12.0. The minimum absolute atomic E-state index is 0.0187. The first-order valence-corrected chi connectivity index (χ1v) is 8.43. The SMILES string of the molecule is CCCC(SCCCCCC(F)F)C(=O)OC(C)(C)C. The van der Waals surface area contributed by atoms with Crippen LogP contribution in [-0.2, 0) is 9.53 Å². The van der Waals surface area contributed by atoms with Crippen molar-refractivity contribution in [1.29, 1.82) is 0 Å². The van der Waals surface area contributed by atoms with E-state index in [1.54, 1.807) is 11.8 Å². The zero-order valence-electron chi connectivity index (χ0n) is 13.1. The molecule has 120 valence electrons. The smallest absolute Gasteiger partial charge is 0.319 e. The van der Waals surface area contributed by atoms with E-state index < -0.39 is 12.0 Å². The van der Waals surface area contributed by atoms with Gasteiger partial charge in [-0.05, 0) is 45.8 Å². The maximum Gasteiger partial charge on any atom is 0.319 e. The fourth-order valence-electron chi connectivity index (χ4n) is 1.70. The van der Waals surface area contributed by atoms with E-state index in [-0.39, 0.29) is 17.6 Å². The average molecular weight is 310 g/mol. The third-order valence-electron chi connectivity index (χ3n) is 2.61. The third-order valence-corrected chi connectivity index (χ3v) is 3.96. The zero-order valence-corrected chi connectivity index (χ0v) is 13.9. The Bertz CT molecular complexity index is 265. The molecule has 0 heterocycles. The lowest BCUT2D eigenvalue weighted by Crippen LogP contribution is -2.30. The van der Waals surface area contributed by atoms with E-state index in [1.165, 1.54) is 0 Å². The van der Waals surface area contributed by atoms with E-state index in [9.17, 15) is 13.6 Å². The molecule has 0 aliphatic rings. The predicted molar refractivity (Wildman–Crippen MR) is 81.5 cm³/mol. The number of ether oxygens (including phenoxy) is 1. The summed E-state index contributed by atoms with van der Waals surface area (Å²) < 4.78 is 29.3. The van der Waals surface area contributed by atoms with Gasteiger partial charge in [0, 0.05) is 6.42 Å². The highest BCUT2D eigenvalue weighted by Crippen LogP contribution is 2.22. The average Bonchev–Trinajstić information content (AvgIpc) is 2.29. The van der Waals surface area contributed by atoms with Crippen LogP contribution in [0.3, 0.4) is 0 Å². The van der Waals surface area contributed by atoms with E-state index in [4.69, 9.17) is 4.74 Å². The van der Waals surface area contributed by atoms with Crippen LogP contribution in [0.5, 0.6) is 0 Å². The van der Waals surface area contributed by atoms with Gasteiger partial charge in [0.1, 0.15) is 10.9 Å². The van der Waals surface area contributed by atoms with Crippen molar-refractivity contribution in [3.05, 3.63) is 0 Å². The quantitative estimate of drug-likeness (QED) is 0.417. The lowest BCUT2D eigenvalue weighted by atomic mass is 10.2. The molecule has 0 N–H and O–H groups in total. The number of rotatable bonds is 10. The molecular formula is C15H28F2O2S. The molecule has 0 rings (SSSR count). The second kappa shape index (κ2) is 10.4. The van der Waals surface area contributed by atoms with Crippen molar-refractivity contribution in [2.24, 2.45) is 0 Å². The summed E-state index contributed by atoms with van der Waals surface area (Å²) in [7, 11) is 0. The molecule has 0 aliphatic carbocycles. The molecule has 0 saturated carbocycles. The number of esters is 1. The first-order valence-electron chi connectivity index (χ1n) is 7.39. The van der Waals surface area contributed by atoms with Gasteiger partial charge in [-0.3, -0.25) is 4.79 Å². The molecule has 0 radical (unpaired) electrons. The van der Waals surface area contributed by atoms with Crippen LogP contribution in [0.15, 0.2) is 0 Å². The number of carbonyl (C=O) groups excluding carboxylic acids is 1. The van der Waals surface area contributed by atoms with Gasteiger partial charge in [-0.25, -0.2) is 8.78 Å². The van der Waals surface area contributed by atoms with Gasteiger partial charge in [-0.1, -0.05) is 19.8 Å². The molecule has 0 aliphatic heterocycles. The number of halogens is 2. The van der Waals surface area contributed by atoms with Crippen molar-refractivity contribution >= 4 is 17.7 Å². The summed E-state index contributed by atoms with van der Waals surface area (Å²) in [5, 5.41) is -0.130. The van der Waals surface area contributed by atoms with Crippen molar-refractivity contribution in [1.82, 2.24) is 0 Å². The number of alkyl halides is 2. The molecule has 0 aromatic rings. The Morgan fingerprint density at radius 2 is 1.80 bits per heavy atom. The molecule has 1 unspecified atom stereocenters. The van der Waals surface area contributed by atoms with Gasteiger partial charge in [0.15, 0.2) is 0 Å². The van der Waals surface area contributed by atoms with E-state index >= 15 is 0 Å². The largest absolute Gasteiger partial charge is 0.459 e. The van der Waals surface area contributed by atoms with Gasteiger partial charge in [0.05, 0.1) is 0 Å². The normalized spacial score (nSPS) is 13.6. The van der Waals surface area contributed by atoms with Crippen LogP contribution in [0.1, 0.15) is 66.2 Å².